The van der Waals surface area contributed by atoms with E-state index in [-0.39, 0.29) is 36.5 Å². The quantitative estimate of drug-likeness (QED) is 0.842. The van der Waals surface area contributed by atoms with Gasteiger partial charge in [0, 0.05) is 12.6 Å². The Bertz CT molecular complexity index is 748. The predicted octanol–water partition coefficient (Wildman–Crippen LogP) is 2.66. The molecule has 1 heterocycles. The molecule has 0 radical (unpaired) electrons. The zero-order chi connectivity index (χ0) is 19.5. The molecule has 0 unspecified atom stereocenters. The number of amides is 2. The summed E-state index contributed by atoms with van der Waals surface area (Å²) in [6, 6.07) is 7.85. The molecule has 142 valence electrons. The highest BCUT2D eigenvalue weighted by Gasteiger charge is 2.23. The summed E-state index contributed by atoms with van der Waals surface area (Å²) in [5, 5.41) is 3.81. The van der Waals surface area contributed by atoms with Crippen molar-refractivity contribution in [1.29, 1.82) is 0 Å². The third-order valence-corrected chi connectivity index (χ3v) is 5.18. The minimum absolute atomic E-state index is 0.0391. The summed E-state index contributed by atoms with van der Waals surface area (Å²) in [6.07, 6.45) is 0. The maximum Gasteiger partial charge on any atom is 0.237 e. The van der Waals surface area contributed by atoms with Crippen LogP contribution in [0, 0.1) is 0 Å². The maximum atomic E-state index is 12.6. The number of thiazole rings is 1. The molecule has 0 spiro atoms. The molecule has 0 saturated heterocycles. The average Bonchev–Trinajstić information content (AvgIpc) is 2.95. The third kappa shape index (κ3) is 5.51. The summed E-state index contributed by atoms with van der Waals surface area (Å²) in [5.41, 5.74) is 0.677. The summed E-state index contributed by atoms with van der Waals surface area (Å²) in [5.74, 6) is -0.127. The Morgan fingerprint density at radius 3 is 2.46 bits per heavy atom. The van der Waals surface area contributed by atoms with Crippen LogP contribution in [0.25, 0.3) is 10.2 Å². The molecule has 1 aromatic carbocycles. The monoisotopic (exact) mass is 376 g/mol. The van der Waals surface area contributed by atoms with Crippen LogP contribution in [-0.4, -0.2) is 59.3 Å². The highest BCUT2D eigenvalue weighted by Crippen LogP contribution is 2.28. The van der Waals surface area contributed by atoms with Crippen molar-refractivity contribution in [1.82, 2.24) is 20.1 Å². The van der Waals surface area contributed by atoms with Gasteiger partial charge in [-0.15, -0.1) is 11.3 Å². The number of benzene rings is 1. The number of likely N-dealkylation sites (N-methyl/N-ethyl adjacent to an activating group) is 2. The highest BCUT2D eigenvalue weighted by atomic mass is 32.1. The fourth-order valence-corrected chi connectivity index (χ4v) is 3.61. The average molecular weight is 377 g/mol. The van der Waals surface area contributed by atoms with Crippen LogP contribution in [0.2, 0.25) is 0 Å². The second-order valence-corrected chi connectivity index (χ2v) is 8.73. The number of hydrogen-bond donors (Lipinski definition) is 1. The molecular formula is C19H28N4O2S. The van der Waals surface area contributed by atoms with Gasteiger partial charge in [0.1, 0.15) is 5.01 Å². The van der Waals surface area contributed by atoms with Crippen molar-refractivity contribution < 1.29 is 9.59 Å². The third-order valence-electron chi connectivity index (χ3n) is 3.98. The molecule has 0 saturated carbocycles. The zero-order valence-electron chi connectivity index (χ0n) is 16.4. The van der Waals surface area contributed by atoms with Gasteiger partial charge < -0.3 is 10.2 Å². The minimum atomic E-state index is -0.278. The largest absolute Gasteiger partial charge is 0.350 e. The standard InChI is InChI=1S/C19H28N4O2S/c1-13(18-20-14-9-7-8-10-15(14)26-18)23(6)17(25)12-22(5)11-16(24)21-19(2,3)4/h7-10,13H,11-12H2,1-6H3,(H,21,24)/t13-/m1/s1. The lowest BCUT2D eigenvalue weighted by Crippen LogP contribution is -2.47. The van der Waals surface area contributed by atoms with Crippen LogP contribution in [0.1, 0.15) is 38.7 Å². The number of aromatic nitrogens is 1. The molecule has 1 aromatic heterocycles. The first-order valence-corrected chi connectivity index (χ1v) is 9.49. The Hall–Kier alpha value is -1.99. The molecular weight excluding hydrogens is 348 g/mol. The maximum absolute atomic E-state index is 12.6. The van der Waals surface area contributed by atoms with E-state index in [1.165, 1.54) is 0 Å². The van der Waals surface area contributed by atoms with Gasteiger partial charge in [0.05, 0.1) is 29.3 Å². The van der Waals surface area contributed by atoms with Crippen LogP contribution in [0.5, 0.6) is 0 Å². The Kier molecular flexibility index (Phi) is 6.36. The molecule has 2 aromatic rings. The SMILES string of the molecule is C[C@H](c1nc2ccccc2s1)N(C)C(=O)CN(C)CC(=O)NC(C)(C)C. The molecule has 6 nitrogen and oxygen atoms in total. The van der Waals surface area contributed by atoms with Crippen LogP contribution in [-0.2, 0) is 9.59 Å². The first-order chi connectivity index (χ1) is 12.1. The molecule has 0 fully saturated rings. The van der Waals surface area contributed by atoms with Crippen LogP contribution < -0.4 is 5.32 Å². The fraction of sp³-hybridized carbons (Fsp3) is 0.526. The van der Waals surface area contributed by atoms with E-state index in [4.69, 9.17) is 0 Å². The van der Waals surface area contributed by atoms with E-state index < -0.39 is 0 Å². The van der Waals surface area contributed by atoms with Crippen molar-refractivity contribution in [3.8, 4) is 0 Å². The number of carbonyl (C=O) groups is 2. The molecule has 1 atom stereocenters. The van der Waals surface area contributed by atoms with E-state index in [2.05, 4.69) is 10.3 Å². The first kappa shape index (κ1) is 20.3. The number of carbonyl (C=O) groups excluding carboxylic acids is 2. The topological polar surface area (TPSA) is 65.5 Å². The Morgan fingerprint density at radius 2 is 1.85 bits per heavy atom. The van der Waals surface area contributed by atoms with E-state index in [1.54, 1.807) is 35.2 Å². The van der Waals surface area contributed by atoms with Crippen molar-refractivity contribution >= 4 is 33.4 Å². The van der Waals surface area contributed by atoms with E-state index in [0.717, 1.165) is 15.2 Å². The van der Waals surface area contributed by atoms with Gasteiger partial charge >= 0.3 is 0 Å². The molecule has 2 amide bonds. The van der Waals surface area contributed by atoms with Gasteiger partial charge in [-0.3, -0.25) is 14.5 Å². The molecule has 0 aliphatic carbocycles. The second-order valence-electron chi connectivity index (χ2n) is 7.67. The molecule has 26 heavy (non-hydrogen) atoms. The smallest absolute Gasteiger partial charge is 0.237 e. The van der Waals surface area contributed by atoms with E-state index in [9.17, 15) is 9.59 Å². The van der Waals surface area contributed by atoms with E-state index in [1.807, 2.05) is 52.0 Å². The van der Waals surface area contributed by atoms with Crippen molar-refractivity contribution in [2.75, 3.05) is 27.2 Å². The Labute approximate surface area is 159 Å². The van der Waals surface area contributed by atoms with Crippen LogP contribution in [0.4, 0.5) is 0 Å². The molecule has 2 rings (SSSR count). The van der Waals surface area contributed by atoms with Gasteiger partial charge in [-0.05, 0) is 46.9 Å². The molecule has 7 heteroatoms. The van der Waals surface area contributed by atoms with Gasteiger partial charge in [0.25, 0.3) is 0 Å². The number of nitrogens with one attached hydrogen (secondary N) is 1. The number of hydrogen-bond acceptors (Lipinski definition) is 5. The molecule has 0 bridgehead atoms. The Morgan fingerprint density at radius 1 is 1.19 bits per heavy atom. The Balaban J connectivity index is 1.94. The predicted molar refractivity (Wildman–Crippen MR) is 106 cm³/mol. The minimum Gasteiger partial charge on any atom is -0.350 e. The highest BCUT2D eigenvalue weighted by molar-refractivity contribution is 7.18. The fourth-order valence-electron chi connectivity index (χ4n) is 2.55. The normalized spacial score (nSPS) is 13.0. The molecule has 0 aliphatic heterocycles. The molecule has 1 N–H and O–H groups in total. The lowest BCUT2D eigenvalue weighted by Gasteiger charge is -2.27. The number of para-hydroxylation sites is 1. The summed E-state index contributed by atoms with van der Waals surface area (Å²) in [6.45, 7) is 8.15. The van der Waals surface area contributed by atoms with Crippen molar-refractivity contribution in [2.45, 2.75) is 39.3 Å². The number of fused-ring (bicyclic) bond motifs is 1. The molecule has 0 aliphatic rings. The van der Waals surface area contributed by atoms with Gasteiger partial charge in [-0.1, -0.05) is 12.1 Å². The second kappa shape index (κ2) is 8.14. The lowest BCUT2D eigenvalue weighted by atomic mass is 10.1. The van der Waals surface area contributed by atoms with Gasteiger partial charge in [0.2, 0.25) is 11.8 Å². The lowest BCUT2D eigenvalue weighted by molar-refractivity contribution is -0.133. The van der Waals surface area contributed by atoms with Crippen LogP contribution >= 0.6 is 11.3 Å². The van der Waals surface area contributed by atoms with E-state index >= 15 is 0 Å². The van der Waals surface area contributed by atoms with Gasteiger partial charge in [0.15, 0.2) is 0 Å². The van der Waals surface area contributed by atoms with Crippen LogP contribution in [0.3, 0.4) is 0 Å². The van der Waals surface area contributed by atoms with Crippen molar-refractivity contribution in [3.05, 3.63) is 29.3 Å². The van der Waals surface area contributed by atoms with Crippen molar-refractivity contribution in [2.24, 2.45) is 0 Å². The summed E-state index contributed by atoms with van der Waals surface area (Å²) >= 11 is 1.60. The van der Waals surface area contributed by atoms with Gasteiger partial charge in [-0.2, -0.15) is 0 Å². The van der Waals surface area contributed by atoms with Crippen LogP contribution in [0.15, 0.2) is 24.3 Å². The van der Waals surface area contributed by atoms with E-state index in [0.29, 0.717) is 0 Å². The summed E-state index contributed by atoms with van der Waals surface area (Å²) < 4.78 is 1.12. The first-order valence-electron chi connectivity index (χ1n) is 8.67. The number of nitrogens with zero attached hydrogens (tertiary/aromatic N) is 3. The van der Waals surface area contributed by atoms with Gasteiger partial charge in [-0.25, -0.2) is 4.98 Å². The van der Waals surface area contributed by atoms with Crippen molar-refractivity contribution in [3.63, 3.8) is 0 Å². The summed E-state index contributed by atoms with van der Waals surface area (Å²) in [7, 11) is 3.55. The zero-order valence-corrected chi connectivity index (χ0v) is 17.2. The number of rotatable bonds is 6. The summed E-state index contributed by atoms with van der Waals surface area (Å²) in [4.78, 5) is 32.6.